The van der Waals surface area contributed by atoms with Gasteiger partial charge in [-0.2, -0.15) is 0 Å². The minimum Gasteiger partial charge on any atom is -0.497 e. The number of carbonyl (C=O) groups excluding carboxylic acids is 1. The molecule has 0 saturated carbocycles. The third-order valence-corrected chi connectivity index (χ3v) is 5.82. The number of methoxy groups -OCH3 is 1. The van der Waals surface area contributed by atoms with Crippen LogP contribution in [0.5, 0.6) is 5.75 Å². The fourth-order valence-corrected chi connectivity index (χ4v) is 4.33. The molecule has 1 aliphatic rings. The summed E-state index contributed by atoms with van der Waals surface area (Å²) in [4.78, 5) is 28.1. The second-order valence-corrected chi connectivity index (χ2v) is 7.93. The Morgan fingerprint density at radius 2 is 1.90 bits per heavy atom. The monoisotopic (exact) mass is 423 g/mol. The topological polar surface area (TPSA) is 85.5 Å². The normalized spacial score (nSPS) is 15.6. The van der Waals surface area contributed by atoms with Gasteiger partial charge in [0.2, 0.25) is 10.9 Å². The molecule has 0 spiro atoms. The number of amides is 1. The highest BCUT2D eigenvalue weighted by atomic mass is 32.1. The maximum atomic E-state index is 13.5. The first-order valence-corrected chi connectivity index (χ1v) is 9.83. The maximum Gasteiger partial charge on any atom is 0.297 e. The van der Waals surface area contributed by atoms with E-state index in [-0.39, 0.29) is 22.3 Å². The number of halogens is 1. The summed E-state index contributed by atoms with van der Waals surface area (Å²) in [6.45, 7) is 1.77. The summed E-state index contributed by atoms with van der Waals surface area (Å²) < 4.78 is 24.6. The Kier molecular flexibility index (Phi) is 4.14. The lowest BCUT2D eigenvalue weighted by atomic mass is 9.98. The SMILES string of the molecule is COc1ccc2c(=O)c3c(oc2c1)C(=O)N(c1nnc(C)s1)C3c1ccc(F)cc1. The lowest BCUT2D eigenvalue weighted by molar-refractivity contribution is 0.0970. The molecular weight excluding hydrogens is 409 g/mol. The average Bonchev–Trinajstić information content (AvgIpc) is 3.29. The summed E-state index contributed by atoms with van der Waals surface area (Å²) in [5.41, 5.74) is 0.675. The number of hydrogen-bond donors (Lipinski definition) is 0. The van der Waals surface area contributed by atoms with Gasteiger partial charge in [-0.15, -0.1) is 10.2 Å². The van der Waals surface area contributed by atoms with Crippen molar-refractivity contribution in [3.05, 3.63) is 80.4 Å². The number of fused-ring (bicyclic) bond motifs is 2. The zero-order chi connectivity index (χ0) is 21.0. The number of nitrogens with zero attached hydrogens (tertiary/aromatic N) is 3. The Bertz CT molecular complexity index is 1360. The molecule has 5 rings (SSSR count). The van der Waals surface area contributed by atoms with Crippen LogP contribution in [0.15, 0.2) is 51.7 Å². The molecule has 2 aromatic heterocycles. The highest BCUT2D eigenvalue weighted by Gasteiger charge is 2.45. The lowest BCUT2D eigenvalue weighted by Gasteiger charge is -2.22. The van der Waals surface area contributed by atoms with Crippen molar-refractivity contribution >= 4 is 33.3 Å². The molecule has 2 aromatic carbocycles. The van der Waals surface area contributed by atoms with E-state index in [9.17, 15) is 14.0 Å². The summed E-state index contributed by atoms with van der Waals surface area (Å²) in [7, 11) is 1.50. The number of carbonyl (C=O) groups is 1. The molecule has 0 N–H and O–H groups in total. The average molecular weight is 423 g/mol. The number of hydrogen-bond acceptors (Lipinski definition) is 7. The molecule has 9 heteroatoms. The van der Waals surface area contributed by atoms with Crippen LogP contribution in [0, 0.1) is 12.7 Å². The highest BCUT2D eigenvalue weighted by molar-refractivity contribution is 7.15. The van der Waals surface area contributed by atoms with Crippen LogP contribution >= 0.6 is 11.3 Å². The molecule has 0 aliphatic carbocycles. The van der Waals surface area contributed by atoms with Crippen molar-refractivity contribution < 1.29 is 18.3 Å². The number of aromatic nitrogens is 2. The smallest absolute Gasteiger partial charge is 0.297 e. The number of anilines is 1. The highest BCUT2D eigenvalue weighted by Crippen LogP contribution is 2.42. The Morgan fingerprint density at radius 3 is 2.57 bits per heavy atom. The van der Waals surface area contributed by atoms with Gasteiger partial charge in [-0.3, -0.25) is 14.5 Å². The molecule has 4 aromatic rings. The molecule has 1 amide bonds. The van der Waals surface area contributed by atoms with Gasteiger partial charge in [-0.1, -0.05) is 23.5 Å². The number of aryl methyl sites for hydroxylation is 1. The van der Waals surface area contributed by atoms with E-state index < -0.39 is 17.8 Å². The Labute approximate surface area is 173 Å². The fourth-order valence-electron chi connectivity index (χ4n) is 3.62. The van der Waals surface area contributed by atoms with E-state index in [4.69, 9.17) is 9.15 Å². The van der Waals surface area contributed by atoms with Gasteiger partial charge >= 0.3 is 0 Å². The lowest BCUT2D eigenvalue weighted by Crippen LogP contribution is -2.29. The summed E-state index contributed by atoms with van der Waals surface area (Å²) in [5.74, 6) is -0.484. The predicted molar refractivity (Wildman–Crippen MR) is 109 cm³/mol. The van der Waals surface area contributed by atoms with Crippen LogP contribution in [0.2, 0.25) is 0 Å². The summed E-state index contributed by atoms with van der Waals surface area (Å²) in [6.07, 6.45) is 0. The van der Waals surface area contributed by atoms with Crippen molar-refractivity contribution in [1.82, 2.24) is 10.2 Å². The third kappa shape index (κ3) is 2.70. The minimum absolute atomic E-state index is 0.0667. The van der Waals surface area contributed by atoms with Gasteiger partial charge < -0.3 is 9.15 Å². The van der Waals surface area contributed by atoms with Crippen molar-refractivity contribution in [2.75, 3.05) is 12.0 Å². The molecular formula is C21H14FN3O4S. The van der Waals surface area contributed by atoms with Gasteiger partial charge in [-0.25, -0.2) is 4.39 Å². The Hall–Kier alpha value is -3.59. The van der Waals surface area contributed by atoms with Crippen LogP contribution in [0.3, 0.4) is 0 Å². The second-order valence-electron chi connectivity index (χ2n) is 6.77. The molecule has 0 radical (unpaired) electrons. The van der Waals surface area contributed by atoms with Gasteiger partial charge in [0.05, 0.1) is 24.1 Å². The van der Waals surface area contributed by atoms with Crippen molar-refractivity contribution in [2.45, 2.75) is 13.0 Å². The zero-order valence-electron chi connectivity index (χ0n) is 15.9. The third-order valence-electron chi connectivity index (χ3n) is 4.99. The van der Waals surface area contributed by atoms with Crippen LogP contribution in [0.25, 0.3) is 11.0 Å². The van der Waals surface area contributed by atoms with E-state index in [0.717, 1.165) is 0 Å². The van der Waals surface area contributed by atoms with Gasteiger partial charge in [0.25, 0.3) is 5.91 Å². The van der Waals surface area contributed by atoms with E-state index in [1.165, 1.54) is 35.5 Å². The van der Waals surface area contributed by atoms with Crippen molar-refractivity contribution in [2.24, 2.45) is 0 Å². The van der Waals surface area contributed by atoms with Crippen LogP contribution in [-0.4, -0.2) is 23.2 Å². The van der Waals surface area contributed by atoms with E-state index >= 15 is 0 Å². The van der Waals surface area contributed by atoms with Crippen molar-refractivity contribution in [3.8, 4) is 5.75 Å². The summed E-state index contributed by atoms with van der Waals surface area (Å²) >= 11 is 1.22. The van der Waals surface area contributed by atoms with Crippen LogP contribution in [0.1, 0.15) is 32.7 Å². The molecule has 30 heavy (non-hydrogen) atoms. The molecule has 150 valence electrons. The van der Waals surface area contributed by atoms with Gasteiger partial charge in [0.15, 0.2) is 5.43 Å². The summed E-state index contributed by atoms with van der Waals surface area (Å²) in [6, 6.07) is 9.68. The first-order chi connectivity index (χ1) is 14.5. The fraction of sp³-hybridized carbons (Fsp3) is 0.143. The molecule has 3 heterocycles. The van der Waals surface area contributed by atoms with E-state index in [1.54, 1.807) is 37.3 Å². The Balaban J connectivity index is 1.80. The van der Waals surface area contributed by atoms with Crippen LogP contribution in [0.4, 0.5) is 9.52 Å². The van der Waals surface area contributed by atoms with Crippen molar-refractivity contribution in [1.29, 1.82) is 0 Å². The van der Waals surface area contributed by atoms with Crippen molar-refractivity contribution in [3.63, 3.8) is 0 Å². The molecule has 1 atom stereocenters. The zero-order valence-corrected chi connectivity index (χ0v) is 16.7. The number of ether oxygens (including phenoxy) is 1. The number of rotatable bonds is 3. The van der Waals surface area contributed by atoms with Gasteiger partial charge in [-0.05, 0) is 36.8 Å². The molecule has 1 unspecified atom stereocenters. The molecule has 0 fully saturated rings. The first kappa shape index (κ1) is 18.4. The van der Waals surface area contributed by atoms with Gasteiger partial charge in [0, 0.05) is 6.07 Å². The quantitative estimate of drug-likeness (QED) is 0.498. The van der Waals surface area contributed by atoms with E-state index in [1.807, 2.05) is 0 Å². The largest absolute Gasteiger partial charge is 0.497 e. The van der Waals surface area contributed by atoms with Crippen LogP contribution in [-0.2, 0) is 0 Å². The number of benzene rings is 2. The minimum atomic E-state index is -0.803. The predicted octanol–water partition coefficient (Wildman–Crippen LogP) is 3.85. The first-order valence-electron chi connectivity index (χ1n) is 9.02. The van der Waals surface area contributed by atoms with E-state index in [2.05, 4.69) is 10.2 Å². The van der Waals surface area contributed by atoms with Crippen LogP contribution < -0.4 is 15.1 Å². The van der Waals surface area contributed by atoms with Gasteiger partial charge in [0.1, 0.15) is 22.2 Å². The standard InChI is InChI=1S/C21H14FN3O4S/c1-10-23-24-21(30-10)25-17(11-3-5-12(22)6-4-11)16-18(26)14-8-7-13(28-2)9-15(14)29-19(16)20(25)27/h3-9,17H,1-2H3. The summed E-state index contributed by atoms with van der Waals surface area (Å²) in [5, 5.41) is 9.40. The Morgan fingerprint density at radius 1 is 1.13 bits per heavy atom. The second kappa shape index (κ2) is 6.74. The maximum absolute atomic E-state index is 13.5. The molecule has 0 saturated heterocycles. The molecule has 7 nitrogen and oxygen atoms in total. The molecule has 0 bridgehead atoms. The van der Waals surface area contributed by atoms with E-state index in [0.29, 0.717) is 26.8 Å². The molecule has 1 aliphatic heterocycles.